The summed E-state index contributed by atoms with van der Waals surface area (Å²) in [6.45, 7) is 14.2. The highest BCUT2D eigenvalue weighted by molar-refractivity contribution is 5.69. The van der Waals surface area contributed by atoms with E-state index in [-0.39, 0.29) is 11.9 Å². The van der Waals surface area contributed by atoms with Crippen molar-refractivity contribution in [1.82, 2.24) is 4.90 Å². The summed E-state index contributed by atoms with van der Waals surface area (Å²) in [7, 11) is 0. The molecule has 314 valence electrons. The van der Waals surface area contributed by atoms with E-state index in [2.05, 4.69) is 32.6 Å². The van der Waals surface area contributed by atoms with Gasteiger partial charge in [-0.05, 0) is 82.2 Å². The van der Waals surface area contributed by atoms with Crippen molar-refractivity contribution in [3.05, 3.63) is 0 Å². The molecule has 1 saturated heterocycles. The molecule has 1 aliphatic rings. The highest BCUT2D eigenvalue weighted by Crippen LogP contribution is 2.24. The van der Waals surface area contributed by atoms with Gasteiger partial charge in [0.1, 0.15) is 0 Å². The maximum Gasteiger partial charge on any atom is 0.305 e. The Morgan fingerprint density at radius 1 is 0.415 bits per heavy atom. The van der Waals surface area contributed by atoms with Gasteiger partial charge in [-0.3, -0.25) is 9.59 Å². The molecule has 1 rings (SSSR count). The van der Waals surface area contributed by atoms with Crippen LogP contribution in [0.25, 0.3) is 0 Å². The Morgan fingerprint density at radius 2 is 0.736 bits per heavy atom. The minimum atomic E-state index is 0.0203. The third kappa shape index (κ3) is 31.8. The van der Waals surface area contributed by atoms with E-state index >= 15 is 0 Å². The van der Waals surface area contributed by atoms with Gasteiger partial charge < -0.3 is 14.4 Å². The van der Waals surface area contributed by atoms with Gasteiger partial charge in [0.2, 0.25) is 0 Å². The first kappa shape index (κ1) is 49.9. The maximum absolute atomic E-state index is 12.2. The Morgan fingerprint density at radius 3 is 1.09 bits per heavy atom. The quantitative estimate of drug-likeness (QED) is 0.0461. The molecule has 1 aliphatic heterocycles. The van der Waals surface area contributed by atoms with Gasteiger partial charge in [0.15, 0.2) is 0 Å². The largest absolute Gasteiger partial charge is 0.466 e. The van der Waals surface area contributed by atoms with E-state index < -0.39 is 0 Å². The zero-order valence-electron chi connectivity index (χ0n) is 36.4. The average molecular weight is 748 g/mol. The van der Waals surface area contributed by atoms with E-state index in [1.807, 2.05) is 0 Å². The first-order valence-electron chi connectivity index (χ1n) is 24.1. The standard InChI is InChI=1S/C48H93NO4/c1-5-9-29-44(30-10-6-2)37-41-52-47(50)35-25-21-17-13-15-19-23-33-46(43-49-39-27-28-40-49)34-24-20-16-14-18-22-26-36-48(51)53-42-38-45(31-11-7-3)32-12-8-4/h44-46H,5-43H2,1-4H3. The second kappa shape index (κ2) is 37.8. The predicted molar refractivity (Wildman–Crippen MR) is 229 cm³/mol. The molecule has 0 bridgehead atoms. The van der Waals surface area contributed by atoms with Crippen molar-refractivity contribution >= 4 is 11.9 Å². The van der Waals surface area contributed by atoms with Crippen molar-refractivity contribution in [1.29, 1.82) is 0 Å². The normalized spacial score (nSPS) is 13.6. The molecule has 0 saturated carbocycles. The number of esters is 2. The highest BCUT2D eigenvalue weighted by Gasteiger charge is 2.17. The summed E-state index contributed by atoms with van der Waals surface area (Å²) in [4.78, 5) is 27.2. The van der Waals surface area contributed by atoms with Crippen LogP contribution in [0.1, 0.15) is 246 Å². The monoisotopic (exact) mass is 748 g/mol. The van der Waals surface area contributed by atoms with E-state index in [1.54, 1.807) is 0 Å². The van der Waals surface area contributed by atoms with Crippen LogP contribution < -0.4 is 0 Å². The number of carbonyl (C=O) groups excluding carboxylic acids is 2. The van der Waals surface area contributed by atoms with E-state index in [1.165, 1.54) is 187 Å². The Kier molecular flexibility index (Phi) is 35.6. The summed E-state index contributed by atoms with van der Waals surface area (Å²) < 4.78 is 11.2. The molecule has 0 aromatic carbocycles. The van der Waals surface area contributed by atoms with Gasteiger partial charge in [-0.2, -0.15) is 0 Å². The predicted octanol–water partition coefficient (Wildman–Crippen LogP) is 14.6. The molecule has 0 amide bonds. The molecule has 5 heteroatoms. The van der Waals surface area contributed by atoms with Crippen LogP contribution in [0.4, 0.5) is 0 Å². The fourth-order valence-electron chi connectivity index (χ4n) is 8.49. The Balaban J connectivity index is 2.07. The minimum absolute atomic E-state index is 0.0203. The zero-order chi connectivity index (χ0) is 38.5. The molecule has 0 spiro atoms. The molecular weight excluding hydrogens is 655 g/mol. The average Bonchev–Trinajstić information content (AvgIpc) is 3.68. The lowest BCUT2D eigenvalue weighted by molar-refractivity contribution is -0.145. The molecule has 1 fully saturated rings. The Bertz CT molecular complexity index is 724. The summed E-state index contributed by atoms with van der Waals surface area (Å²) in [6.07, 6.45) is 41.8. The number of ether oxygens (including phenoxy) is 2. The lowest BCUT2D eigenvalue weighted by Gasteiger charge is -2.23. The number of carbonyl (C=O) groups is 2. The molecule has 0 N–H and O–H groups in total. The fraction of sp³-hybridized carbons (Fsp3) is 0.958. The summed E-state index contributed by atoms with van der Waals surface area (Å²) in [5.74, 6) is 2.37. The van der Waals surface area contributed by atoms with Gasteiger partial charge in [-0.15, -0.1) is 0 Å². The third-order valence-corrected chi connectivity index (χ3v) is 12.1. The van der Waals surface area contributed by atoms with Crippen LogP contribution in [0, 0.1) is 17.8 Å². The Hall–Kier alpha value is -1.10. The second-order valence-electron chi connectivity index (χ2n) is 17.2. The lowest BCUT2D eigenvalue weighted by Crippen LogP contribution is -2.26. The first-order valence-corrected chi connectivity index (χ1v) is 24.1. The lowest BCUT2D eigenvalue weighted by atomic mass is 9.93. The van der Waals surface area contributed by atoms with E-state index in [0.717, 1.165) is 56.3 Å². The summed E-state index contributed by atoms with van der Waals surface area (Å²) in [6, 6.07) is 0. The van der Waals surface area contributed by atoms with Gasteiger partial charge in [-0.25, -0.2) is 0 Å². The Labute approximate surface area is 331 Å². The molecule has 0 aromatic heterocycles. The van der Waals surface area contributed by atoms with Crippen LogP contribution in [-0.2, 0) is 19.1 Å². The summed E-state index contributed by atoms with van der Waals surface area (Å²) in [5.41, 5.74) is 0. The molecule has 0 unspecified atom stereocenters. The molecule has 0 aliphatic carbocycles. The number of hydrogen-bond acceptors (Lipinski definition) is 5. The maximum atomic E-state index is 12.2. The molecule has 0 aromatic rings. The fourth-order valence-corrected chi connectivity index (χ4v) is 8.49. The smallest absolute Gasteiger partial charge is 0.305 e. The highest BCUT2D eigenvalue weighted by atomic mass is 16.5. The van der Waals surface area contributed by atoms with E-state index in [9.17, 15) is 9.59 Å². The van der Waals surface area contributed by atoms with Crippen molar-refractivity contribution in [2.24, 2.45) is 17.8 Å². The van der Waals surface area contributed by atoms with Crippen molar-refractivity contribution < 1.29 is 19.1 Å². The molecule has 0 radical (unpaired) electrons. The third-order valence-electron chi connectivity index (χ3n) is 12.1. The van der Waals surface area contributed by atoms with Crippen molar-refractivity contribution in [3.63, 3.8) is 0 Å². The number of rotatable bonds is 40. The minimum Gasteiger partial charge on any atom is -0.466 e. The SMILES string of the molecule is CCCCC(CCCC)CCOC(=O)CCCCCCCCCC(CCCCCCCCCC(=O)OCCC(CCCC)CCCC)CN1CCCC1. The van der Waals surface area contributed by atoms with Gasteiger partial charge in [0.05, 0.1) is 13.2 Å². The summed E-state index contributed by atoms with van der Waals surface area (Å²) in [5, 5.41) is 0. The van der Waals surface area contributed by atoms with Crippen LogP contribution in [0.3, 0.4) is 0 Å². The van der Waals surface area contributed by atoms with Crippen LogP contribution in [0.5, 0.6) is 0 Å². The van der Waals surface area contributed by atoms with Crippen LogP contribution in [0.15, 0.2) is 0 Å². The second-order valence-corrected chi connectivity index (χ2v) is 17.2. The number of likely N-dealkylation sites (tertiary alicyclic amines) is 1. The van der Waals surface area contributed by atoms with Crippen molar-refractivity contribution in [2.45, 2.75) is 246 Å². The molecule has 53 heavy (non-hydrogen) atoms. The molecule has 1 heterocycles. The van der Waals surface area contributed by atoms with Crippen LogP contribution >= 0.6 is 0 Å². The number of nitrogens with zero attached hydrogens (tertiary/aromatic N) is 1. The first-order chi connectivity index (χ1) is 26.0. The van der Waals surface area contributed by atoms with Gasteiger partial charge in [-0.1, -0.05) is 182 Å². The van der Waals surface area contributed by atoms with Gasteiger partial charge in [0.25, 0.3) is 0 Å². The molecule has 0 atom stereocenters. The van der Waals surface area contributed by atoms with Crippen LogP contribution in [0.2, 0.25) is 0 Å². The van der Waals surface area contributed by atoms with E-state index in [0.29, 0.717) is 26.1 Å². The zero-order valence-corrected chi connectivity index (χ0v) is 36.4. The topological polar surface area (TPSA) is 55.8 Å². The summed E-state index contributed by atoms with van der Waals surface area (Å²) >= 11 is 0. The van der Waals surface area contributed by atoms with Gasteiger partial charge in [0, 0.05) is 19.4 Å². The number of hydrogen-bond donors (Lipinski definition) is 0. The molecule has 5 nitrogen and oxygen atoms in total. The van der Waals surface area contributed by atoms with Gasteiger partial charge >= 0.3 is 11.9 Å². The van der Waals surface area contributed by atoms with Crippen molar-refractivity contribution in [2.75, 3.05) is 32.8 Å². The molecular formula is C48H93NO4. The van der Waals surface area contributed by atoms with E-state index in [4.69, 9.17) is 9.47 Å². The van der Waals surface area contributed by atoms with Crippen molar-refractivity contribution in [3.8, 4) is 0 Å². The number of unbranched alkanes of at least 4 members (excludes halogenated alkanes) is 16. The van der Waals surface area contributed by atoms with Crippen LogP contribution in [-0.4, -0.2) is 49.7 Å².